The zero-order valence-corrected chi connectivity index (χ0v) is 17.5. The highest BCUT2D eigenvalue weighted by atomic mass is 32.2. The van der Waals surface area contributed by atoms with Crippen LogP contribution in [0.5, 0.6) is 0 Å². The molecule has 1 unspecified atom stereocenters. The van der Waals surface area contributed by atoms with Gasteiger partial charge in [-0.2, -0.15) is 5.26 Å². The van der Waals surface area contributed by atoms with E-state index in [1.54, 1.807) is 35.2 Å². The lowest BCUT2D eigenvalue weighted by atomic mass is 9.93. The van der Waals surface area contributed by atoms with E-state index in [9.17, 15) is 23.3 Å². The van der Waals surface area contributed by atoms with Crippen LogP contribution in [0.2, 0.25) is 0 Å². The quantitative estimate of drug-likeness (QED) is 0.700. The summed E-state index contributed by atoms with van der Waals surface area (Å²) >= 11 is 0. The second kappa shape index (κ2) is 8.00. The summed E-state index contributed by atoms with van der Waals surface area (Å²) in [5, 5.41) is 14.5. The Balaban J connectivity index is 1.59. The molecule has 160 valence electrons. The monoisotopic (exact) mass is 430 g/mol. The molecule has 2 saturated carbocycles. The fraction of sp³-hybridized carbons (Fsp3) is 0.571. The van der Waals surface area contributed by atoms with Gasteiger partial charge in [-0.15, -0.1) is 0 Å². The normalized spacial score (nSPS) is 27.8. The number of hydrogen-bond acceptors (Lipinski definition) is 6. The van der Waals surface area contributed by atoms with E-state index in [2.05, 4.69) is 16.7 Å². The van der Waals surface area contributed by atoms with Gasteiger partial charge in [0, 0.05) is 26.2 Å². The van der Waals surface area contributed by atoms with Crippen LogP contribution in [0.15, 0.2) is 35.2 Å². The SMILES string of the molecule is N#CC1(NC(=O)[C@@H]2C[C@@H](S(=O)(=O)c3ccccc3)CC2C(=O)N2CCNCC2)CC1. The van der Waals surface area contributed by atoms with E-state index in [0.717, 1.165) is 0 Å². The van der Waals surface area contributed by atoms with Crippen molar-refractivity contribution in [3.63, 3.8) is 0 Å². The van der Waals surface area contributed by atoms with Crippen LogP contribution < -0.4 is 10.6 Å². The second-order valence-electron chi connectivity index (χ2n) is 8.42. The number of rotatable bonds is 5. The molecule has 1 aliphatic heterocycles. The molecule has 2 N–H and O–H groups in total. The maximum absolute atomic E-state index is 13.2. The Morgan fingerprint density at radius 3 is 2.33 bits per heavy atom. The summed E-state index contributed by atoms with van der Waals surface area (Å²) in [6.07, 6.45) is 1.39. The largest absolute Gasteiger partial charge is 0.340 e. The Hall–Kier alpha value is -2.44. The molecule has 1 heterocycles. The van der Waals surface area contributed by atoms with Crippen molar-refractivity contribution in [2.45, 2.75) is 41.4 Å². The minimum absolute atomic E-state index is 0.0903. The summed E-state index contributed by atoms with van der Waals surface area (Å²) in [4.78, 5) is 28.2. The summed E-state index contributed by atoms with van der Waals surface area (Å²) in [5.74, 6) is -1.99. The highest BCUT2D eigenvalue weighted by Gasteiger charge is 2.52. The van der Waals surface area contributed by atoms with E-state index >= 15 is 0 Å². The number of carbonyl (C=O) groups excluding carboxylic acids is 2. The van der Waals surface area contributed by atoms with Crippen molar-refractivity contribution in [1.82, 2.24) is 15.5 Å². The van der Waals surface area contributed by atoms with Crippen molar-refractivity contribution < 1.29 is 18.0 Å². The highest BCUT2D eigenvalue weighted by molar-refractivity contribution is 7.92. The molecule has 3 aliphatic rings. The molecule has 2 amide bonds. The fourth-order valence-corrected chi connectivity index (χ4v) is 6.29. The number of benzene rings is 1. The highest BCUT2D eigenvalue weighted by Crippen LogP contribution is 2.41. The van der Waals surface area contributed by atoms with Gasteiger partial charge >= 0.3 is 0 Å². The summed E-state index contributed by atoms with van der Waals surface area (Å²) in [6, 6.07) is 10.3. The van der Waals surface area contributed by atoms with E-state index in [1.165, 1.54) is 0 Å². The summed E-state index contributed by atoms with van der Waals surface area (Å²) in [5.41, 5.74) is -0.851. The minimum Gasteiger partial charge on any atom is -0.340 e. The zero-order valence-electron chi connectivity index (χ0n) is 16.7. The average Bonchev–Trinajstić information content (AvgIpc) is 3.39. The van der Waals surface area contributed by atoms with E-state index in [-0.39, 0.29) is 29.6 Å². The van der Waals surface area contributed by atoms with Crippen LogP contribution in [-0.4, -0.2) is 62.1 Å². The number of piperazine rings is 1. The Bertz CT molecular complexity index is 962. The molecule has 30 heavy (non-hydrogen) atoms. The van der Waals surface area contributed by atoms with Crippen molar-refractivity contribution >= 4 is 21.7 Å². The molecule has 0 bridgehead atoms. The Morgan fingerprint density at radius 1 is 1.10 bits per heavy atom. The molecule has 4 rings (SSSR count). The van der Waals surface area contributed by atoms with Gasteiger partial charge in [-0.3, -0.25) is 9.59 Å². The van der Waals surface area contributed by atoms with Gasteiger partial charge in [0.25, 0.3) is 0 Å². The maximum Gasteiger partial charge on any atom is 0.226 e. The first kappa shape index (κ1) is 20.8. The van der Waals surface area contributed by atoms with Gasteiger partial charge in [-0.1, -0.05) is 18.2 Å². The van der Waals surface area contributed by atoms with Crippen LogP contribution in [0.25, 0.3) is 0 Å². The van der Waals surface area contributed by atoms with Gasteiger partial charge < -0.3 is 15.5 Å². The lowest BCUT2D eigenvalue weighted by Crippen LogP contribution is -2.50. The Labute approximate surface area is 176 Å². The van der Waals surface area contributed by atoms with Gasteiger partial charge in [0.2, 0.25) is 11.8 Å². The molecule has 0 spiro atoms. The van der Waals surface area contributed by atoms with Gasteiger partial charge in [0.05, 0.1) is 28.1 Å². The molecule has 0 radical (unpaired) electrons. The number of sulfone groups is 1. The lowest BCUT2D eigenvalue weighted by Gasteiger charge is -2.31. The smallest absolute Gasteiger partial charge is 0.226 e. The lowest BCUT2D eigenvalue weighted by molar-refractivity contribution is -0.141. The molecular formula is C21H26N4O4S. The van der Waals surface area contributed by atoms with Crippen LogP contribution in [0.4, 0.5) is 0 Å². The molecule has 0 aromatic heterocycles. The Kier molecular flexibility index (Phi) is 5.55. The summed E-state index contributed by atoms with van der Waals surface area (Å²) < 4.78 is 26.4. The van der Waals surface area contributed by atoms with E-state index in [0.29, 0.717) is 39.0 Å². The molecule has 1 aromatic carbocycles. The first-order valence-electron chi connectivity index (χ1n) is 10.4. The van der Waals surface area contributed by atoms with Gasteiger partial charge in [-0.25, -0.2) is 8.42 Å². The molecule has 2 aliphatic carbocycles. The standard InChI is InChI=1S/C21H26N4O4S/c22-14-21(6-7-21)24-19(26)17-12-16(30(28,29)15-4-2-1-3-5-15)13-18(17)20(27)25-10-8-23-9-11-25/h1-5,16-18,23H,6-13H2,(H,24,26)/t16-,17-,18?/m1/s1. The van der Waals surface area contributed by atoms with E-state index in [4.69, 9.17) is 0 Å². The van der Waals surface area contributed by atoms with Crippen molar-refractivity contribution in [3.05, 3.63) is 30.3 Å². The summed E-state index contributed by atoms with van der Waals surface area (Å²) in [7, 11) is -3.66. The van der Waals surface area contributed by atoms with Crippen LogP contribution >= 0.6 is 0 Å². The average molecular weight is 431 g/mol. The van der Waals surface area contributed by atoms with Crippen LogP contribution in [0.3, 0.4) is 0 Å². The maximum atomic E-state index is 13.2. The van der Waals surface area contributed by atoms with E-state index in [1.807, 2.05) is 0 Å². The van der Waals surface area contributed by atoms with Crippen molar-refractivity contribution in [1.29, 1.82) is 5.26 Å². The predicted octanol–water partition coefficient (Wildman–Crippen LogP) is 0.459. The fourth-order valence-electron chi connectivity index (χ4n) is 4.45. The molecule has 8 nitrogen and oxygen atoms in total. The van der Waals surface area contributed by atoms with Crippen molar-refractivity contribution in [2.24, 2.45) is 11.8 Å². The minimum atomic E-state index is -3.66. The third-order valence-corrected chi connectivity index (χ3v) is 8.63. The van der Waals surface area contributed by atoms with Crippen molar-refractivity contribution in [2.75, 3.05) is 26.2 Å². The number of hydrogen-bond donors (Lipinski definition) is 2. The van der Waals surface area contributed by atoms with Gasteiger partial charge in [-0.05, 0) is 37.8 Å². The molecule has 3 fully saturated rings. The number of nitrogens with one attached hydrogen (secondary N) is 2. The van der Waals surface area contributed by atoms with Gasteiger partial charge in [0.15, 0.2) is 9.84 Å². The molecule has 1 aromatic rings. The Morgan fingerprint density at radius 2 is 1.73 bits per heavy atom. The van der Waals surface area contributed by atoms with Crippen LogP contribution in [0, 0.1) is 23.2 Å². The van der Waals surface area contributed by atoms with Crippen LogP contribution in [-0.2, 0) is 19.4 Å². The first-order chi connectivity index (χ1) is 14.4. The number of carbonyl (C=O) groups is 2. The molecule has 9 heteroatoms. The predicted molar refractivity (Wildman–Crippen MR) is 109 cm³/mol. The summed E-state index contributed by atoms with van der Waals surface area (Å²) in [6.45, 7) is 2.45. The first-order valence-corrected chi connectivity index (χ1v) is 11.9. The molecule has 1 saturated heterocycles. The van der Waals surface area contributed by atoms with Crippen LogP contribution in [0.1, 0.15) is 25.7 Å². The third-order valence-electron chi connectivity index (χ3n) is 6.44. The third kappa shape index (κ3) is 3.94. The zero-order chi connectivity index (χ0) is 21.4. The molecular weight excluding hydrogens is 404 g/mol. The van der Waals surface area contributed by atoms with Gasteiger partial charge in [0.1, 0.15) is 5.54 Å². The number of nitrogens with zero attached hydrogens (tertiary/aromatic N) is 2. The molecule has 3 atom stereocenters. The van der Waals surface area contributed by atoms with Crippen molar-refractivity contribution in [3.8, 4) is 6.07 Å². The number of nitriles is 1. The number of amides is 2. The second-order valence-corrected chi connectivity index (χ2v) is 10.7. The van der Waals surface area contributed by atoms with E-state index < -0.39 is 32.5 Å². The topological polar surface area (TPSA) is 119 Å².